The van der Waals surface area contributed by atoms with E-state index in [1.54, 1.807) is 31.4 Å². The molecule has 1 aromatic heterocycles. The number of aliphatic imine (C=N–C) groups is 1. The van der Waals surface area contributed by atoms with E-state index >= 15 is 0 Å². The third-order valence-corrected chi connectivity index (χ3v) is 4.48. The molecule has 1 aliphatic rings. The summed E-state index contributed by atoms with van der Waals surface area (Å²) in [6.07, 6.45) is 1.65. The summed E-state index contributed by atoms with van der Waals surface area (Å²) in [5.41, 5.74) is 1.98. The predicted molar refractivity (Wildman–Crippen MR) is 101 cm³/mol. The van der Waals surface area contributed by atoms with Gasteiger partial charge in [0, 0.05) is 26.3 Å². The van der Waals surface area contributed by atoms with Crippen LogP contribution < -0.4 is 5.32 Å². The number of hydrogen-bond donors (Lipinski definition) is 1. The van der Waals surface area contributed by atoms with Crippen LogP contribution in [0.15, 0.2) is 47.6 Å². The van der Waals surface area contributed by atoms with Gasteiger partial charge in [0.05, 0.1) is 12.6 Å². The molecule has 26 heavy (non-hydrogen) atoms. The van der Waals surface area contributed by atoms with Crippen LogP contribution in [0, 0.1) is 5.82 Å². The Morgan fingerprint density at radius 3 is 2.73 bits per heavy atom. The van der Waals surface area contributed by atoms with Crippen LogP contribution in [0.3, 0.4) is 0 Å². The Morgan fingerprint density at radius 2 is 2.08 bits per heavy atom. The van der Waals surface area contributed by atoms with Crippen LogP contribution in [0.2, 0.25) is 5.15 Å². The lowest BCUT2D eigenvalue weighted by Gasteiger charge is -2.38. The van der Waals surface area contributed by atoms with Gasteiger partial charge in [-0.25, -0.2) is 9.37 Å². The van der Waals surface area contributed by atoms with Gasteiger partial charge in [0.2, 0.25) is 0 Å². The predicted octanol–water partition coefficient (Wildman–Crippen LogP) is 3.41. The van der Waals surface area contributed by atoms with Crippen LogP contribution in [0.25, 0.3) is 0 Å². The number of halogens is 2. The molecule has 2 unspecified atom stereocenters. The Bertz CT molecular complexity index is 751. The fourth-order valence-electron chi connectivity index (χ4n) is 3.01. The zero-order chi connectivity index (χ0) is 18.5. The van der Waals surface area contributed by atoms with Gasteiger partial charge in [-0.3, -0.25) is 4.99 Å². The van der Waals surface area contributed by atoms with E-state index in [9.17, 15) is 4.39 Å². The number of nitrogens with one attached hydrogen (secondary N) is 1. The van der Waals surface area contributed by atoms with Crippen molar-refractivity contribution in [2.24, 2.45) is 4.99 Å². The van der Waals surface area contributed by atoms with Crippen LogP contribution in [0.4, 0.5) is 4.39 Å². The van der Waals surface area contributed by atoms with Crippen LogP contribution >= 0.6 is 11.6 Å². The molecule has 2 atom stereocenters. The van der Waals surface area contributed by atoms with Gasteiger partial charge in [-0.1, -0.05) is 29.8 Å². The largest absolute Gasteiger partial charge is 0.367 e. The van der Waals surface area contributed by atoms with Crippen LogP contribution in [0.5, 0.6) is 0 Å². The first-order valence-electron chi connectivity index (χ1n) is 8.52. The van der Waals surface area contributed by atoms with Crippen molar-refractivity contribution in [1.82, 2.24) is 15.2 Å². The summed E-state index contributed by atoms with van der Waals surface area (Å²) in [4.78, 5) is 10.6. The number of hydrogen-bond acceptors (Lipinski definition) is 3. The molecule has 2 aromatic rings. The minimum Gasteiger partial charge on any atom is -0.367 e. The molecule has 5 nitrogen and oxygen atoms in total. The van der Waals surface area contributed by atoms with Crippen molar-refractivity contribution < 1.29 is 9.13 Å². The summed E-state index contributed by atoms with van der Waals surface area (Å²) >= 11 is 5.82. The first kappa shape index (κ1) is 18.6. The van der Waals surface area contributed by atoms with Gasteiger partial charge < -0.3 is 15.0 Å². The fraction of sp³-hybridized carbons (Fsp3) is 0.368. The minimum absolute atomic E-state index is 0.0366. The lowest BCUT2D eigenvalue weighted by Crippen LogP contribution is -2.50. The van der Waals surface area contributed by atoms with E-state index in [2.05, 4.69) is 20.2 Å². The fourth-order valence-corrected chi connectivity index (χ4v) is 3.12. The maximum atomic E-state index is 13.2. The quantitative estimate of drug-likeness (QED) is 0.506. The van der Waals surface area contributed by atoms with Gasteiger partial charge in [0.15, 0.2) is 5.96 Å². The molecule has 0 aliphatic carbocycles. The number of ether oxygens (including phenoxy) is 1. The molecule has 3 rings (SSSR count). The van der Waals surface area contributed by atoms with E-state index < -0.39 is 0 Å². The standard InChI is InChI=1S/C19H22ClFN4O/c1-13-11-25(12-17(26-13)15-4-6-16(21)7-5-15)19(22-2)24-10-14-3-8-18(20)23-9-14/h3-9,13,17H,10-12H2,1-2H3,(H,22,24). The van der Waals surface area contributed by atoms with Gasteiger partial charge in [-0.2, -0.15) is 0 Å². The monoisotopic (exact) mass is 376 g/mol. The zero-order valence-electron chi connectivity index (χ0n) is 14.8. The first-order valence-corrected chi connectivity index (χ1v) is 8.90. The number of aromatic nitrogens is 1. The van der Waals surface area contributed by atoms with Gasteiger partial charge in [0.25, 0.3) is 0 Å². The Morgan fingerprint density at radius 1 is 1.31 bits per heavy atom. The molecule has 0 spiro atoms. The van der Waals surface area contributed by atoms with E-state index in [-0.39, 0.29) is 18.0 Å². The average molecular weight is 377 g/mol. The molecule has 0 saturated carbocycles. The summed E-state index contributed by atoms with van der Waals surface area (Å²) in [6, 6.07) is 10.2. The SMILES string of the molecule is CN=C(NCc1ccc(Cl)nc1)N1CC(C)OC(c2ccc(F)cc2)C1. The molecular formula is C19H22ClFN4O. The molecule has 0 bridgehead atoms. The van der Waals surface area contributed by atoms with E-state index in [0.717, 1.165) is 23.6 Å². The zero-order valence-corrected chi connectivity index (χ0v) is 15.6. The minimum atomic E-state index is -0.247. The number of pyridine rings is 1. The molecule has 7 heteroatoms. The molecule has 138 valence electrons. The maximum absolute atomic E-state index is 13.2. The Kier molecular flexibility index (Phi) is 6.06. The number of nitrogens with zero attached hydrogens (tertiary/aromatic N) is 3. The molecule has 1 fully saturated rings. The van der Waals surface area contributed by atoms with Gasteiger partial charge >= 0.3 is 0 Å². The van der Waals surface area contributed by atoms with E-state index in [1.807, 2.05) is 13.0 Å². The van der Waals surface area contributed by atoms with Crippen molar-refractivity contribution in [1.29, 1.82) is 0 Å². The lowest BCUT2D eigenvalue weighted by molar-refractivity contribution is -0.0605. The second-order valence-electron chi connectivity index (χ2n) is 6.28. The third-order valence-electron chi connectivity index (χ3n) is 4.25. The number of benzene rings is 1. The van der Waals surface area contributed by atoms with E-state index in [1.165, 1.54) is 12.1 Å². The smallest absolute Gasteiger partial charge is 0.194 e. The molecule has 1 saturated heterocycles. The van der Waals surface area contributed by atoms with Crippen molar-refractivity contribution >= 4 is 17.6 Å². The summed E-state index contributed by atoms with van der Waals surface area (Å²) < 4.78 is 19.2. The van der Waals surface area contributed by atoms with Crippen LogP contribution in [0.1, 0.15) is 24.2 Å². The summed E-state index contributed by atoms with van der Waals surface area (Å²) in [5, 5.41) is 3.83. The second kappa shape index (κ2) is 8.47. The van der Waals surface area contributed by atoms with Crippen LogP contribution in [-0.4, -0.2) is 42.1 Å². The second-order valence-corrected chi connectivity index (χ2v) is 6.67. The van der Waals surface area contributed by atoms with Crippen molar-refractivity contribution in [3.05, 3.63) is 64.7 Å². The molecule has 1 aromatic carbocycles. The summed E-state index contributed by atoms with van der Waals surface area (Å²) in [7, 11) is 1.76. The highest BCUT2D eigenvalue weighted by atomic mass is 35.5. The molecule has 0 radical (unpaired) electrons. The number of rotatable bonds is 3. The number of guanidine groups is 1. The van der Waals surface area contributed by atoms with Crippen molar-refractivity contribution in [2.45, 2.75) is 25.7 Å². The summed E-state index contributed by atoms with van der Waals surface area (Å²) in [5.74, 6) is 0.547. The van der Waals surface area contributed by atoms with Crippen molar-refractivity contribution in [3.8, 4) is 0 Å². The molecule has 0 amide bonds. The Labute approximate surface area is 157 Å². The number of morpholine rings is 1. The lowest BCUT2D eigenvalue weighted by atomic mass is 10.1. The molecule has 2 heterocycles. The van der Waals surface area contributed by atoms with E-state index in [4.69, 9.17) is 16.3 Å². The average Bonchev–Trinajstić information content (AvgIpc) is 2.64. The highest BCUT2D eigenvalue weighted by Crippen LogP contribution is 2.25. The van der Waals surface area contributed by atoms with Crippen molar-refractivity contribution in [2.75, 3.05) is 20.1 Å². The Hall–Kier alpha value is -2.18. The van der Waals surface area contributed by atoms with Gasteiger partial charge in [-0.15, -0.1) is 0 Å². The maximum Gasteiger partial charge on any atom is 0.194 e. The topological polar surface area (TPSA) is 49.8 Å². The van der Waals surface area contributed by atoms with E-state index in [0.29, 0.717) is 18.2 Å². The van der Waals surface area contributed by atoms with Crippen LogP contribution in [-0.2, 0) is 11.3 Å². The molecule has 1 aliphatic heterocycles. The molecule has 1 N–H and O–H groups in total. The first-order chi connectivity index (χ1) is 12.5. The summed E-state index contributed by atoms with van der Waals surface area (Å²) in [6.45, 7) is 4.01. The normalized spacial score (nSPS) is 20.9. The highest BCUT2D eigenvalue weighted by molar-refractivity contribution is 6.29. The Balaban J connectivity index is 1.67. The molecular weight excluding hydrogens is 355 g/mol. The van der Waals surface area contributed by atoms with Gasteiger partial charge in [0.1, 0.15) is 17.1 Å². The van der Waals surface area contributed by atoms with Gasteiger partial charge in [-0.05, 0) is 36.2 Å². The van der Waals surface area contributed by atoms with Crippen molar-refractivity contribution in [3.63, 3.8) is 0 Å². The third kappa shape index (κ3) is 4.71. The highest BCUT2D eigenvalue weighted by Gasteiger charge is 2.28.